The van der Waals surface area contributed by atoms with E-state index < -0.39 is 17.9 Å². The highest BCUT2D eigenvalue weighted by atomic mass is 16.5. The minimum absolute atomic E-state index is 0.173. The van der Waals surface area contributed by atoms with Gasteiger partial charge in [-0.2, -0.15) is 0 Å². The molecule has 0 spiro atoms. The summed E-state index contributed by atoms with van der Waals surface area (Å²) >= 11 is 0. The minimum Gasteiger partial charge on any atom is -0.488 e. The van der Waals surface area contributed by atoms with Crippen LogP contribution in [0, 0.1) is 0 Å². The first kappa shape index (κ1) is 45.7. The first-order valence-corrected chi connectivity index (χ1v) is 21.0. The number of ether oxygens (including phenoxy) is 6. The van der Waals surface area contributed by atoms with Crippen molar-refractivity contribution in [3.05, 3.63) is 218 Å². The van der Waals surface area contributed by atoms with Gasteiger partial charge in [-0.25, -0.2) is 14.4 Å². The van der Waals surface area contributed by atoms with Crippen LogP contribution in [-0.4, -0.2) is 51.8 Å². The molecule has 7 aromatic carbocycles. The second-order valence-electron chi connectivity index (χ2n) is 15.3. The van der Waals surface area contributed by atoms with Crippen molar-refractivity contribution >= 4 is 30.5 Å². The van der Waals surface area contributed by atoms with Crippen LogP contribution in [-0.2, 0) is 46.9 Å². The first-order chi connectivity index (χ1) is 32.2. The topological polar surface area (TPSA) is 141 Å². The third kappa shape index (κ3) is 11.4. The van der Waals surface area contributed by atoms with Crippen molar-refractivity contribution in [2.75, 3.05) is 21.3 Å². The van der Waals surface area contributed by atoms with Crippen LogP contribution in [0.5, 0.6) is 17.2 Å². The zero-order chi connectivity index (χ0) is 46.4. The Morgan fingerprint density at radius 3 is 1.14 bits per heavy atom. The molecule has 0 fully saturated rings. The lowest BCUT2D eigenvalue weighted by atomic mass is 9.91. The molecule has 0 amide bonds. The van der Waals surface area contributed by atoms with Crippen LogP contribution in [0.2, 0.25) is 0 Å². The molecule has 0 saturated carbocycles. The molecule has 0 aromatic heterocycles. The number of methoxy groups -OCH3 is 3. The maximum absolute atomic E-state index is 12.5. The fraction of sp³-hybridized carbons (Fsp3) is 0.145. The standard InChI is InChI=1S/C55H46O11/c1-61-53(58)42-17-9-36(10-18-42)33-64-50-23-15-39(27-48(50)31-56)25-46-29-45(41-7-5-4-6-8-41)30-47(52(46)66-35-38-13-21-44(22-14-38)55(60)63-3)26-40-16-24-51(49(28-40)32-57)65-34-37-11-19-43(20-12-37)54(59)62-2/h4-24,27-32H,25-26,33-35H2,1-3H3. The van der Waals surface area contributed by atoms with E-state index in [0.29, 0.717) is 57.9 Å². The summed E-state index contributed by atoms with van der Waals surface area (Å²) in [5, 5.41) is 0. The SMILES string of the molecule is COC(=O)c1ccc(COc2ccc(Cc3cc(-c4ccccc4)cc(Cc4ccc(OCc5ccc(C(=O)OC)cc5)c(C=O)c4)c3OCc3ccc(C(=O)OC)cc3)cc2C=O)cc1. The molecule has 332 valence electrons. The summed E-state index contributed by atoms with van der Waals surface area (Å²) in [4.78, 5) is 60.9. The summed E-state index contributed by atoms with van der Waals surface area (Å²) in [5.74, 6) is 0.133. The molecule has 0 atom stereocenters. The van der Waals surface area contributed by atoms with Crippen molar-refractivity contribution in [3.8, 4) is 28.4 Å². The second kappa shape index (κ2) is 21.9. The third-order valence-corrected chi connectivity index (χ3v) is 10.8. The fourth-order valence-corrected chi connectivity index (χ4v) is 7.34. The smallest absolute Gasteiger partial charge is 0.337 e. The lowest BCUT2D eigenvalue weighted by Crippen LogP contribution is -2.06. The van der Waals surface area contributed by atoms with E-state index in [0.717, 1.165) is 62.6 Å². The maximum atomic E-state index is 12.5. The Balaban J connectivity index is 1.21. The van der Waals surface area contributed by atoms with Gasteiger partial charge in [-0.1, -0.05) is 78.9 Å². The molecule has 0 bridgehead atoms. The number of hydrogen-bond donors (Lipinski definition) is 0. The van der Waals surface area contributed by atoms with Gasteiger partial charge in [0, 0.05) is 12.8 Å². The lowest BCUT2D eigenvalue weighted by Gasteiger charge is -2.20. The van der Waals surface area contributed by atoms with Crippen molar-refractivity contribution in [1.29, 1.82) is 0 Å². The van der Waals surface area contributed by atoms with E-state index in [1.54, 1.807) is 84.9 Å². The van der Waals surface area contributed by atoms with Gasteiger partial charge in [-0.15, -0.1) is 0 Å². The van der Waals surface area contributed by atoms with Crippen LogP contribution in [0.25, 0.3) is 11.1 Å². The van der Waals surface area contributed by atoms with E-state index in [2.05, 4.69) is 12.1 Å². The van der Waals surface area contributed by atoms with Gasteiger partial charge in [0.15, 0.2) is 12.6 Å². The van der Waals surface area contributed by atoms with Gasteiger partial charge in [-0.3, -0.25) is 9.59 Å². The van der Waals surface area contributed by atoms with E-state index in [1.165, 1.54) is 21.3 Å². The van der Waals surface area contributed by atoms with Gasteiger partial charge in [0.1, 0.15) is 37.1 Å². The Morgan fingerprint density at radius 2 is 0.773 bits per heavy atom. The molecule has 0 saturated heterocycles. The third-order valence-electron chi connectivity index (χ3n) is 10.8. The predicted octanol–water partition coefficient (Wildman–Crippen LogP) is 10.3. The molecule has 11 nitrogen and oxygen atoms in total. The van der Waals surface area contributed by atoms with Crippen molar-refractivity contribution < 1.29 is 52.4 Å². The Bertz CT molecular complexity index is 2690. The lowest BCUT2D eigenvalue weighted by molar-refractivity contribution is 0.0592. The zero-order valence-electron chi connectivity index (χ0n) is 36.6. The molecule has 11 heteroatoms. The Hall–Kier alpha value is -8.31. The number of carbonyl (C=O) groups excluding carboxylic acids is 5. The van der Waals surface area contributed by atoms with Crippen LogP contribution in [0.4, 0.5) is 0 Å². The second-order valence-corrected chi connectivity index (χ2v) is 15.3. The summed E-state index contributed by atoms with van der Waals surface area (Å²) in [6, 6.07) is 45.8. The number of esters is 3. The van der Waals surface area contributed by atoms with Crippen molar-refractivity contribution in [1.82, 2.24) is 0 Å². The fourth-order valence-electron chi connectivity index (χ4n) is 7.34. The predicted molar refractivity (Wildman–Crippen MR) is 247 cm³/mol. The number of carbonyl (C=O) groups is 5. The first-order valence-electron chi connectivity index (χ1n) is 21.0. The van der Waals surface area contributed by atoms with Crippen LogP contribution in [0.15, 0.2) is 152 Å². The number of aldehydes is 2. The van der Waals surface area contributed by atoms with Gasteiger partial charge in [0.05, 0.1) is 49.1 Å². The quantitative estimate of drug-likeness (QED) is 0.0435. The van der Waals surface area contributed by atoms with Gasteiger partial charge in [0.25, 0.3) is 0 Å². The zero-order valence-corrected chi connectivity index (χ0v) is 36.6. The maximum Gasteiger partial charge on any atom is 0.337 e. The normalized spacial score (nSPS) is 10.7. The Labute approximate surface area is 382 Å². The molecule has 7 aromatic rings. The summed E-state index contributed by atoms with van der Waals surface area (Å²) in [7, 11) is 3.99. The molecule has 0 N–H and O–H groups in total. The highest BCUT2D eigenvalue weighted by molar-refractivity contribution is 5.90. The van der Waals surface area contributed by atoms with Crippen LogP contribution < -0.4 is 14.2 Å². The summed E-state index contributed by atoms with van der Waals surface area (Å²) < 4.78 is 33.4. The van der Waals surface area contributed by atoms with Crippen molar-refractivity contribution in [2.45, 2.75) is 32.7 Å². The molecule has 0 heterocycles. The molecule has 7 rings (SSSR count). The average molecular weight is 883 g/mol. The molecule has 0 aliphatic carbocycles. The molecular formula is C55H46O11. The van der Waals surface area contributed by atoms with Gasteiger partial charge in [-0.05, 0) is 123 Å². The van der Waals surface area contributed by atoms with Crippen LogP contribution in [0.1, 0.15) is 90.7 Å². The number of rotatable bonds is 19. The minimum atomic E-state index is -0.440. The van der Waals surface area contributed by atoms with E-state index in [-0.39, 0.29) is 19.8 Å². The van der Waals surface area contributed by atoms with Gasteiger partial charge in [0.2, 0.25) is 0 Å². The molecule has 66 heavy (non-hydrogen) atoms. The molecule has 0 unspecified atom stereocenters. The van der Waals surface area contributed by atoms with Gasteiger partial charge < -0.3 is 28.4 Å². The summed E-state index contributed by atoms with van der Waals surface area (Å²) in [5.41, 5.74) is 9.73. The van der Waals surface area contributed by atoms with Crippen LogP contribution in [0.3, 0.4) is 0 Å². The summed E-state index contributed by atoms with van der Waals surface area (Å²) in [6.07, 6.45) is 2.29. The van der Waals surface area contributed by atoms with E-state index >= 15 is 0 Å². The highest BCUT2D eigenvalue weighted by Crippen LogP contribution is 2.36. The summed E-state index contributed by atoms with van der Waals surface area (Å²) in [6.45, 7) is 0.522. The number of hydrogen-bond acceptors (Lipinski definition) is 11. The molecular weight excluding hydrogens is 837 g/mol. The molecule has 0 radical (unpaired) electrons. The Kier molecular flexibility index (Phi) is 15.1. The highest BCUT2D eigenvalue weighted by Gasteiger charge is 2.18. The van der Waals surface area contributed by atoms with Gasteiger partial charge >= 0.3 is 17.9 Å². The van der Waals surface area contributed by atoms with E-state index in [1.807, 2.05) is 54.6 Å². The van der Waals surface area contributed by atoms with Crippen molar-refractivity contribution in [2.24, 2.45) is 0 Å². The van der Waals surface area contributed by atoms with Crippen molar-refractivity contribution in [3.63, 3.8) is 0 Å². The van der Waals surface area contributed by atoms with Crippen LogP contribution >= 0.6 is 0 Å². The average Bonchev–Trinajstić information content (AvgIpc) is 3.37. The Morgan fingerprint density at radius 1 is 0.409 bits per heavy atom. The molecule has 0 aliphatic heterocycles. The van der Waals surface area contributed by atoms with E-state index in [9.17, 15) is 24.0 Å². The monoisotopic (exact) mass is 882 g/mol. The van der Waals surface area contributed by atoms with E-state index in [4.69, 9.17) is 28.4 Å². The number of benzene rings is 7. The molecule has 0 aliphatic rings. The largest absolute Gasteiger partial charge is 0.488 e.